The Morgan fingerprint density at radius 1 is 1.24 bits per heavy atom. The Kier molecular flexibility index (Phi) is 5.73. The smallest absolute Gasteiger partial charge is 0.218 e. The molecule has 0 aliphatic heterocycles. The van der Waals surface area contributed by atoms with Crippen LogP contribution in [0.1, 0.15) is 52.3 Å². The highest BCUT2D eigenvalue weighted by Gasteiger charge is 2.08. The van der Waals surface area contributed by atoms with Gasteiger partial charge in [0.1, 0.15) is 11.6 Å². The van der Waals surface area contributed by atoms with Crippen molar-refractivity contribution in [1.82, 2.24) is 9.97 Å². The number of nitrogens with zero attached hydrogens (tertiary/aromatic N) is 2. The summed E-state index contributed by atoms with van der Waals surface area (Å²) in [7, 11) is 0. The summed E-state index contributed by atoms with van der Waals surface area (Å²) >= 11 is 0. The summed E-state index contributed by atoms with van der Waals surface area (Å²) in [5.74, 6) is 2.67. The van der Waals surface area contributed by atoms with E-state index in [0.29, 0.717) is 18.4 Å². The Hall–Kier alpha value is -1.32. The summed E-state index contributed by atoms with van der Waals surface area (Å²) in [5, 5.41) is 3.28. The van der Waals surface area contributed by atoms with Crippen molar-refractivity contribution in [3.8, 4) is 5.88 Å². The van der Waals surface area contributed by atoms with Gasteiger partial charge in [0, 0.05) is 18.5 Å². The van der Waals surface area contributed by atoms with Gasteiger partial charge in [0.15, 0.2) is 0 Å². The van der Waals surface area contributed by atoms with E-state index in [9.17, 15) is 0 Å². The molecule has 0 aliphatic carbocycles. The molecule has 0 saturated carbocycles. The summed E-state index contributed by atoms with van der Waals surface area (Å²) in [6.45, 7) is 10.0. The van der Waals surface area contributed by atoms with Crippen molar-refractivity contribution in [2.45, 2.75) is 46.5 Å². The van der Waals surface area contributed by atoms with E-state index in [4.69, 9.17) is 4.74 Å². The van der Waals surface area contributed by atoms with Crippen LogP contribution in [0.15, 0.2) is 6.07 Å². The fraction of sp³-hybridized carbons (Fsp3) is 0.692. The van der Waals surface area contributed by atoms with Crippen molar-refractivity contribution in [3.63, 3.8) is 0 Å². The zero-order valence-corrected chi connectivity index (χ0v) is 11.3. The normalized spacial score (nSPS) is 10.6. The van der Waals surface area contributed by atoms with Gasteiger partial charge in [-0.15, -0.1) is 0 Å². The maximum Gasteiger partial charge on any atom is 0.218 e. The molecule has 0 aliphatic rings. The molecule has 17 heavy (non-hydrogen) atoms. The second-order valence-corrected chi connectivity index (χ2v) is 4.38. The number of nitrogens with one attached hydrogen (secondary N) is 1. The van der Waals surface area contributed by atoms with Gasteiger partial charge in [-0.1, -0.05) is 27.7 Å². The van der Waals surface area contributed by atoms with Crippen LogP contribution in [0.3, 0.4) is 0 Å². The van der Waals surface area contributed by atoms with E-state index in [-0.39, 0.29) is 0 Å². The summed E-state index contributed by atoms with van der Waals surface area (Å²) in [6, 6.07) is 1.87. The molecule has 0 bridgehead atoms. The first-order valence-corrected chi connectivity index (χ1v) is 6.43. The predicted octanol–water partition coefficient (Wildman–Crippen LogP) is 3.21. The summed E-state index contributed by atoms with van der Waals surface area (Å²) in [4.78, 5) is 8.88. The zero-order valence-electron chi connectivity index (χ0n) is 11.3. The number of rotatable bonds is 7. The highest BCUT2D eigenvalue weighted by molar-refractivity contribution is 5.38. The van der Waals surface area contributed by atoms with Crippen LogP contribution in [-0.2, 0) is 0 Å². The average molecular weight is 237 g/mol. The van der Waals surface area contributed by atoms with E-state index in [1.54, 1.807) is 0 Å². The van der Waals surface area contributed by atoms with Crippen molar-refractivity contribution < 1.29 is 4.74 Å². The zero-order chi connectivity index (χ0) is 12.7. The molecular weight excluding hydrogens is 214 g/mol. The van der Waals surface area contributed by atoms with Crippen LogP contribution in [0.5, 0.6) is 5.88 Å². The van der Waals surface area contributed by atoms with Gasteiger partial charge in [-0.05, 0) is 12.8 Å². The van der Waals surface area contributed by atoms with Gasteiger partial charge in [-0.25, -0.2) is 4.98 Å². The quantitative estimate of drug-likeness (QED) is 0.791. The second kappa shape index (κ2) is 7.09. The van der Waals surface area contributed by atoms with Crippen molar-refractivity contribution >= 4 is 5.82 Å². The first-order chi connectivity index (χ1) is 8.17. The molecule has 1 N–H and O–H groups in total. The SMILES string of the molecule is CCCNc1cc(OCCC)nc(C(C)C)n1. The van der Waals surface area contributed by atoms with Gasteiger partial charge >= 0.3 is 0 Å². The monoisotopic (exact) mass is 237 g/mol. The van der Waals surface area contributed by atoms with E-state index < -0.39 is 0 Å². The largest absolute Gasteiger partial charge is 0.478 e. The Labute approximate surface area is 104 Å². The van der Waals surface area contributed by atoms with E-state index in [0.717, 1.165) is 31.0 Å². The Balaban J connectivity index is 2.84. The number of anilines is 1. The second-order valence-electron chi connectivity index (χ2n) is 4.38. The molecule has 1 heterocycles. The Bertz CT molecular complexity index is 313. The van der Waals surface area contributed by atoms with Crippen molar-refractivity contribution in [2.75, 3.05) is 18.5 Å². The molecule has 0 fully saturated rings. The maximum absolute atomic E-state index is 5.58. The lowest BCUT2D eigenvalue weighted by molar-refractivity contribution is 0.303. The molecule has 1 aromatic heterocycles. The van der Waals surface area contributed by atoms with Gasteiger partial charge in [0.25, 0.3) is 0 Å². The first kappa shape index (κ1) is 13.7. The minimum absolute atomic E-state index is 0.308. The van der Waals surface area contributed by atoms with E-state index >= 15 is 0 Å². The molecule has 0 amide bonds. The lowest BCUT2D eigenvalue weighted by Crippen LogP contribution is -2.08. The highest BCUT2D eigenvalue weighted by atomic mass is 16.5. The molecule has 0 saturated heterocycles. The van der Waals surface area contributed by atoms with Crippen LogP contribution in [-0.4, -0.2) is 23.1 Å². The topological polar surface area (TPSA) is 47.0 Å². The molecule has 1 aromatic rings. The number of hydrogen-bond donors (Lipinski definition) is 1. The molecule has 4 heteroatoms. The molecule has 0 aromatic carbocycles. The van der Waals surface area contributed by atoms with Gasteiger partial charge in [0.2, 0.25) is 5.88 Å². The summed E-state index contributed by atoms with van der Waals surface area (Å²) in [6.07, 6.45) is 2.06. The number of hydrogen-bond acceptors (Lipinski definition) is 4. The fourth-order valence-electron chi connectivity index (χ4n) is 1.33. The maximum atomic E-state index is 5.58. The van der Waals surface area contributed by atoms with Gasteiger partial charge < -0.3 is 10.1 Å². The Morgan fingerprint density at radius 3 is 2.59 bits per heavy atom. The third-order valence-electron chi connectivity index (χ3n) is 2.25. The molecule has 0 atom stereocenters. The standard InChI is InChI=1S/C13H23N3O/c1-5-7-14-11-9-12(17-8-6-2)16-13(15-11)10(3)4/h9-10H,5-8H2,1-4H3,(H,14,15,16). The molecular formula is C13H23N3O. The van der Waals surface area contributed by atoms with E-state index in [1.807, 2.05) is 6.07 Å². The molecule has 0 radical (unpaired) electrons. The predicted molar refractivity (Wildman–Crippen MR) is 70.7 cm³/mol. The lowest BCUT2D eigenvalue weighted by atomic mass is 10.2. The van der Waals surface area contributed by atoms with Crippen molar-refractivity contribution in [3.05, 3.63) is 11.9 Å². The van der Waals surface area contributed by atoms with Crippen LogP contribution in [0.2, 0.25) is 0 Å². The average Bonchev–Trinajstić information content (AvgIpc) is 2.33. The third-order valence-corrected chi connectivity index (χ3v) is 2.25. The summed E-state index contributed by atoms with van der Waals surface area (Å²) in [5.41, 5.74) is 0. The highest BCUT2D eigenvalue weighted by Crippen LogP contribution is 2.18. The minimum atomic E-state index is 0.308. The number of aromatic nitrogens is 2. The van der Waals surface area contributed by atoms with Crippen LogP contribution < -0.4 is 10.1 Å². The summed E-state index contributed by atoms with van der Waals surface area (Å²) < 4.78 is 5.58. The van der Waals surface area contributed by atoms with E-state index in [2.05, 4.69) is 43.0 Å². The van der Waals surface area contributed by atoms with E-state index in [1.165, 1.54) is 0 Å². The molecule has 96 valence electrons. The molecule has 4 nitrogen and oxygen atoms in total. The fourth-order valence-corrected chi connectivity index (χ4v) is 1.33. The molecule has 0 spiro atoms. The van der Waals surface area contributed by atoms with Crippen LogP contribution >= 0.6 is 0 Å². The molecule has 0 unspecified atom stereocenters. The molecule has 1 rings (SSSR count). The van der Waals surface area contributed by atoms with Crippen LogP contribution in [0, 0.1) is 0 Å². The first-order valence-electron chi connectivity index (χ1n) is 6.43. The van der Waals surface area contributed by atoms with Gasteiger partial charge in [-0.3, -0.25) is 0 Å². The van der Waals surface area contributed by atoms with Crippen molar-refractivity contribution in [2.24, 2.45) is 0 Å². The lowest BCUT2D eigenvalue weighted by Gasteiger charge is -2.11. The minimum Gasteiger partial charge on any atom is -0.478 e. The van der Waals surface area contributed by atoms with Gasteiger partial charge in [0.05, 0.1) is 6.61 Å². The third kappa shape index (κ3) is 4.59. The van der Waals surface area contributed by atoms with Gasteiger partial charge in [-0.2, -0.15) is 4.98 Å². The number of ether oxygens (including phenoxy) is 1. The Morgan fingerprint density at radius 2 is 2.00 bits per heavy atom. The van der Waals surface area contributed by atoms with Crippen LogP contribution in [0.4, 0.5) is 5.82 Å². The van der Waals surface area contributed by atoms with Crippen molar-refractivity contribution in [1.29, 1.82) is 0 Å². The van der Waals surface area contributed by atoms with Crippen LogP contribution in [0.25, 0.3) is 0 Å².